The quantitative estimate of drug-likeness (QED) is 0.266. The third-order valence-corrected chi connectivity index (χ3v) is 6.47. The fraction of sp³-hybridized carbons (Fsp3) is 0.261. The van der Waals surface area contributed by atoms with Gasteiger partial charge in [-0.3, -0.25) is 9.69 Å². The second-order valence-corrected chi connectivity index (χ2v) is 9.46. The fourth-order valence-electron chi connectivity index (χ4n) is 3.18. The van der Waals surface area contributed by atoms with Crippen molar-refractivity contribution in [3.05, 3.63) is 56.4 Å². The van der Waals surface area contributed by atoms with E-state index in [9.17, 15) is 9.59 Å². The minimum Gasteiger partial charge on any atom is -0.493 e. The highest BCUT2D eigenvalue weighted by molar-refractivity contribution is 9.10. The first kappa shape index (κ1) is 24.3. The first-order chi connectivity index (χ1) is 15.2. The lowest BCUT2D eigenvalue weighted by atomic mass is 10.1. The minimum absolute atomic E-state index is 0.176. The number of benzene rings is 2. The summed E-state index contributed by atoms with van der Waals surface area (Å²) >= 11 is 10.2. The smallest absolute Gasteiger partial charge is 0.344 e. The number of nitrogens with zero attached hydrogens (tertiary/aromatic N) is 1. The van der Waals surface area contributed by atoms with Gasteiger partial charge in [-0.15, -0.1) is 0 Å². The predicted molar refractivity (Wildman–Crippen MR) is 134 cm³/mol. The van der Waals surface area contributed by atoms with E-state index in [1.54, 1.807) is 30.0 Å². The highest BCUT2D eigenvalue weighted by atomic mass is 79.9. The molecule has 0 bridgehead atoms. The number of amides is 1. The molecule has 6 nitrogen and oxygen atoms in total. The molecule has 1 aliphatic heterocycles. The van der Waals surface area contributed by atoms with Gasteiger partial charge < -0.3 is 14.2 Å². The van der Waals surface area contributed by atoms with Crippen molar-refractivity contribution in [1.82, 2.24) is 0 Å². The molecule has 3 rings (SSSR count). The van der Waals surface area contributed by atoms with Crippen molar-refractivity contribution >= 4 is 67.9 Å². The van der Waals surface area contributed by atoms with E-state index in [4.69, 9.17) is 26.4 Å². The van der Waals surface area contributed by atoms with Crippen molar-refractivity contribution in [2.45, 2.75) is 20.8 Å². The van der Waals surface area contributed by atoms with Crippen molar-refractivity contribution in [2.75, 3.05) is 25.2 Å². The van der Waals surface area contributed by atoms with E-state index in [1.807, 2.05) is 32.0 Å². The summed E-state index contributed by atoms with van der Waals surface area (Å²) in [6, 6.07) is 9.41. The Hall–Kier alpha value is -2.36. The molecule has 1 saturated heterocycles. The Morgan fingerprint density at radius 3 is 2.66 bits per heavy atom. The number of hydrogen-bond donors (Lipinski definition) is 0. The zero-order valence-corrected chi connectivity index (χ0v) is 21.3. The summed E-state index contributed by atoms with van der Waals surface area (Å²) < 4.78 is 16.9. The third kappa shape index (κ3) is 5.33. The van der Waals surface area contributed by atoms with Crippen LogP contribution in [0.3, 0.4) is 0 Å². The van der Waals surface area contributed by atoms with E-state index in [2.05, 4.69) is 15.9 Å². The largest absolute Gasteiger partial charge is 0.493 e. The van der Waals surface area contributed by atoms with Crippen LogP contribution >= 0.6 is 39.9 Å². The number of aryl methyl sites for hydroxylation is 2. The summed E-state index contributed by atoms with van der Waals surface area (Å²) in [6.45, 7) is 5.73. The van der Waals surface area contributed by atoms with Gasteiger partial charge in [0.05, 0.1) is 28.8 Å². The maximum Gasteiger partial charge on any atom is 0.344 e. The number of carbonyl (C=O) groups is 2. The summed E-state index contributed by atoms with van der Waals surface area (Å²) in [5.41, 5.74) is 3.60. The van der Waals surface area contributed by atoms with Crippen LogP contribution in [0.1, 0.15) is 23.6 Å². The van der Waals surface area contributed by atoms with Crippen LogP contribution in [-0.2, 0) is 14.3 Å². The topological polar surface area (TPSA) is 65.1 Å². The van der Waals surface area contributed by atoms with E-state index in [-0.39, 0.29) is 19.1 Å². The van der Waals surface area contributed by atoms with Gasteiger partial charge in [0.2, 0.25) is 0 Å². The van der Waals surface area contributed by atoms with Crippen LogP contribution in [0.2, 0.25) is 0 Å². The number of esters is 1. The van der Waals surface area contributed by atoms with Crippen molar-refractivity contribution in [3.8, 4) is 11.5 Å². The summed E-state index contributed by atoms with van der Waals surface area (Å²) in [4.78, 5) is 26.8. The lowest BCUT2D eigenvalue weighted by molar-refractivity contribution is -0.145. The van der Waals surface area contributed by atoms with Gasteiger partial charge in [0.25, 0.3) is 5.91 Å². The Balaban J connectivity index is 1.88. The second kappa shape index (κ2) is 10.5. The van der Waals surface area contributed by atoms with Gasteiger partial charge in [0.15, 0.2) is 22.4 Å². The molecule has 0 N–H and O–H groups in total. The van der Waals surface area contributed by atoms with E-state index in [1.165, 1.54) is 18.9 Å². The molecule has 0 saturated carbocycles. The van der Waals surface area contributed by atoms with Crippen LogP contribution in [0, 0.1) is 13.8 Å². The van der Waals surface area contributed by atoms with Crippen LogP contribution < -0.4 is 14.4 Å². The normalized spacial score (nSPS) is 14.8. The van der Waals surface area contributed by atoms with E-state index in [0.29, 0.717) is 25.2 Å². The lowest BCUT2D eigenvalue weighted by Gasteiger charge is -2.17. The van der Waals surface area contributed by atoms with Crippen LogP contribution in [0.25, 0.3) is 6.08 Å². The molecule has 168 valence electrons. The Bertz CT molecular complexity index is 1120. The van der Waals surface area contributed by atoms with Crippen LogP contribution in [0.4, 0.5) is 5.69 Å². The molecule has 32 heavy (non-hydrogen) atoms. The third-order valence-electron chi connectivity index (χ3n) is 4.58. The Labute approximate surface area is 205 Å². The molecule has 1 aliphatic rings. The summed E-state index contributed by atoms with van der Waals surface area (Å²) in [5.74, 6) is 0.144. The van der Waals surface area contributed by atoms with Crippen molar-refractivity contribution in [1.29, 1.82) is 0 Å². The van der Waals surface area contributed by atoms with Gasteiger partial charge >= 0.3 is 5.97 Å². The molecule has 0 spiro atoms. The zero-order chi connectivity index (χ0) is 23.4. The number of halogens is 1. The first-order valence-electron chi connectivity index (χ1n) is 9.76. The van der Waals surface area contributed by atoms with Crippen LogP contribution in [-0.4, -0.2) is 36.5 Å². The standard InChI is InChI=1S/C23H22BrNO5S2/c1-5-29-20(26)12-30-21-16(24)9-15(10-18(21)28-4)11-19-22(27)25(23(31)32-19)17-7-6-13(2)8-14(17)3/h6-11H,5,12H2,1-4H3/b19-11+. The van der Waals surface area contributed by atoms with Gasteiger partial charge in [-0.2, -0.15) is 0 Å². The summed E-state index contributed by atoms with van der Waals surface area (Å²) in [6.07, 6.45) is 1.76. The number of hydrogen-bond acceptors (Lipinski definition) is 7. The molecule has 2 aromatic carbocycles. The highest BCUT2D eigenvalue weighted by Crippen LogP contribution is 2.40. The number of carbonyl (C=O) groups excluding carboxylic acids is 2. The number of anilines is 1. The van der Waals surface area contributed by atoms with Crippen molar-refractivity contribution < 1.29 is 23.8 Å². The molecule has 0 aromatic heterocycles. The highest BCUT2D eigenvalue weighted by Gasteiger charge is 2.34. The van der Waals surface area contributed by atoms with Crippen LogP contribution in [0.5, 0.6) is 11.5 Å². The molecule has 1 amide bonds. The summed E-state index contributed by atoms with van der Waals surface area (Å²) in [5, 5.41) is 0. The number of rotatable bonds is 7. The zero-order valence-electron chi connectivity index (χ0n) is 18.1. The van der Waals surface area contributed by atoms with E-state index < -0.39 is 5.97 Å². The molecule has 1 heterocycles. The molecule has 0 unspecified atom stereocenters. The SMILES string of the molecule is CCOC(=O)COc1c(Br)cc(/C=C2/SC(=S)N(c3ccc(C)cc3C)C2=O)cc1OC. The molecule has 1 fully saturated rings. The Morgan fingerprint density at radius 2 is 2.00 bits per heavy atom. The van der Waals surface area contributed by atoms with Gasteiger partial charge in [0, 0.05) is 0 Å². The molecular formula is C23H22BrNO5S2. The Kier molecular flexibility index (Phi) is 7.97. The average molecular weight is 536 g/mol. The summed E-state index contributed by atoms with van der Waals surface area (Å²) in [7, 11) is 1.50. The van der Waals surface area contributed by atoms with E-state index >= 15 is 0 Å². The molecular weight excluding hydrogens is 514 g/mol. The van der Waals surface area contributed by atoms with Gasteiger partial charge in [-0.25, -0.2) is 4.79 Å². The monoisotopic (exact) mass is 535 g/mol. The molecule has 0 atom stereocenters. The van der Waals surface area contributed by atoms with Crippen molar-refractivity contribution in [2.24, 2.45) is 0 Å². The van der Waals surface area contributed by atoms with Gasteiger partial charge in [0.1, 0.15) is 0 Å². The Morgan fingerprint density at radius 1 is 1.25 bits per heavy atom. The van der Waals surface area contributed by atoms with Crippen LogP contribution in [0.15, 0.2) is 39.7 Å². The molecule has 0 aliphatic carbocycles. The fourth-order valence-corrected chi connectivity index (χ4v) is 5.04. The predicted octanol–water partition coefficient (Wildman–Crippen LogP) is 5.42. The minimum atomic E-state index is -0.472. The molecule has 9 heteroatoms. The number of ether oxygens (including phenoxy) is 3. The number of thiocarbonyl (C=S) groups is 1. The second-order valence-electron chi connectivity index (χ2n) is 6.93. The van der Waals surface area contributed by atoms with Crippen molar-refractivity contribution in [3.63, 3.8) is 0 Å². The van der Waals surface area contributed by atoms with Gasteiger partial charge in [-0.05, 0) is 72.1 Å². The number of methoxy groups -OCH3 is 1. The molecule has 0 radical (unpaired) electrons. The van der Waals surface area contributed by atoms with Gasteiger partial charge in [-0.1, -0.05) is 41.7 Å². The molecule has 2 aromatic rings. The first-order valence-corrected chi connectivity index (χ1v) is 11.8. The maximum atomic E-state index is 13.1. The maximum absolute atomic E-state index is 13.1. The number of thioether (sulfide) groups is 1. The lowest BCUT2D eigenvalue weighted by Crippen LogP contribution is -2.28. The van der Waals surface area contributed by atoms with E-state index in [0.717, 1.165) is 22.4 Å². The average Bonchev–Trinajstić information content (AvgIpc) is 3.00.